The molecule has 0 aliphatic carbocycles. The highest BCUT2D eigenvalue weighted by Gasteiger charge is 2.17. The van der Waals surface area contributed by atoms with Gasteiger partial charge in [-0.15, -0.1) is 0 Å². The van der Waals surface area contributed by atoms with Gasteiger partial charge in [0.25, 0.3) is 0 Å². The number of aromatic nitrogens is 2. The van der Waals surface area contributed by atoms with Crippen LogP contribution >= 0.6 is 0 Å². The number of hydrogen-bond donors (Lipinski definition) is 1. The van der Waals surface area contributed by atoms with Gasteiger partial charge < -0.3 is 15.0 Å². The second kappa shape index (κ2) is 5.82. The van der Waals surface area contributed by atoms with Gasteiger partial charge in [0.2, 0.25) is 5.89 Å². The third-order valence-electron chi connectivity index (χ3n) is 2.07. The van der Waals surface area contributed by atoms with Gasteiger partial charge in [-0.05, 0) is 12.3 Å². The van der Waals surface area contributed by atoms with Crippen LogP contribution in [0.25, 0.3) is 0 Å². The highest BCUT2D eigenvalue weighted by molar-refractivity contribution is 4.91. The minimum atomic E-state index is -0.197. The van der Waals surface area contributed by atoms with E-state index >= 15 is 0 Å². The van der Waals surface area contributed by atoms with Crippen molar-refractivity contribution in [1.29, 1.82) is 0 Å². The van der Waals surface area contributed by atoms with Crippen molar-refractivity contribution in [2.45, 2.75) is 39.8 Å². The van der Waals surface area contributed by atoms with Crippen LogP contribution < -0.4 is 5.73 Å². The smallest absolute Gasteiger partial charge is 0.243 e. The van der Waals surface area contributed by atoms with Crippen LogP contribution in [0.5, 0.6) is 0 Å². The van der Waals surface area contributed by atoms with Gasteiger partial charge >= 0.3 is 0 Å². The van der Waals surface area contributed by atoms with E-state index in [0.29, 0.717) is 24.9 Å². The van der Waals surface area contributed by atoms with Crippen molar-refractivity contribution in [3.05, 3.63) is 11.7 Å². The molecule has 1 aromatic heterocycles. The van der Waals surface area contributed by atoms with Gasteiger partial charge in [0.05, 0.1) is 6.04 Å². The lowest BCUT2D eigenvalue weighted by atomic mass is 10.1. The van der Waals surface area contributed by atoms with E-state index < -0.39 is 0 Å². The molecule has 0 saturated carbocycles. The van der Waals surface area contributed by atoms with Crippen molar-refractivity contribution in [3.63, 3.8) is 0 Å². The van der Waals surface area contributed by atoms with Crippen molar-refractivity contribution in [3.8, 4) is 0 Å². The maximum absolute atomic E-state index is 5.87. The molecule has 2 N–H and O–H groups in total. The molecule has 0 radical (unpaired) electrons. The van der Waals surface area contributed by atoms with E-state index in [-0.39, 0.29) is 12.0 Å². The molecule has 5 heteroatoms. The monoisotopic (exact) mass is 213 g/mol. The molecule has 0 aliphatic heterocycles. The molecule has 0 aromatic carbocycles. The van der Waals surface area contributed by atoms with Gasteiger partial charge in [-0.25, -0.2) is 0 Å². The molecule has 1 atom stereocenters. The van der Waals surface area contributed by atoms with Crippen LogP contribution in [0.2, 0.25) is 0 Å². The molecule has 1 heterocycles. The Morgan fingerprint density at radius 3 is 2.80 bits per heavy atom. The molecule has 1 aromatic rings. The van der Waals surface area contributed by atoms with E-state index in [1.165, 1.54) is 0 Å². The fourth-order valence-corrected chi connectivity index (χ4v) is 1.05. The lowest BCUT2D eigenvalue weighted by Gasteiger charge is -2.09. The molecule has 5 nitrogen and oxygen atoms in total. The minimum absolute atomic E-state index is 0.197. The van der Waals surface area contributed by atoms with Crippen LogP contribution in [-0.2, 0) is 11.3 Å². The molecule has 1 rings (SSSR count). The highest BCUT2D eigenvalue weighted by atomic mass is 16.5. The van der Waals surface area contributed by atoms with E-state index in [4.69, 9.17) is 15.0 Å². The Balaban J connectivity index is 2.48. The summed E-state index contributed by atoms with van der Waals surface area (Å²) in [7, 11) is 0. The first-order chi connectivity index (χ1) is 7.15. The zero-order valence-corrected chi connectivity index (χ0v) is 9.56. The summed E-state index contributed by atoms with van der Waals surface area (Å²) in [6.07, 6.45) is 0.982. The summed E-state index contributed by atoms with van der Waals surface area (Å²) in [5, 5.41) is 3.80. The molecular formula is C10H19N3O2. The lowest BCUT2D eigenvalue weighted by Crippen LogP contribution is -2.17. The largest absolute Gasteiger partial charge is 0.373 e. The van der Waals surface area contributed by atoms with Gasteiger partial charge in [-0.2, -0.15) is 4.98 Å². The molecule has 15 heavy (non-hydrogen) atoms. The zero-order valence-electron chi connectivity index (χ0n) is 9.56. The predicted molar refractivity (Wildman–Crippen MR) is 56.0 cm³/mol. The van der Waals surface area contributed by atoms with Crippen molar-refractivity contribution >= 4 is 0 Å². The maximum Gasteiger partial charge on any atom is 0.243 e. The fourth-order valence-electron chi connectivity index (χ4n) is 1.05. The fraction of sp³-hybridized carbons (Fsp3) is 0.800. The number of nitrogens with two attached hydrogens (primary N) is 1. The summed E-state index contributed by atoms with van der Waals surface area (Å²) in [6, 6.07) is -0.197. The van der Waals surface area contributed by atoms with Crippen LogP contribution in [0, 0.1) is 5.92 Å². The first-order valence-corrected chi connectivity index (χ1v) is 5.31. The summed E-state index contributed by atoms with van der Waals surface area (Å²) in [5.41, 5.74) is 5.87. The average Bonchev–Trinajstić information content (AvgIpc) is 2.65. The van der Waals surface area contributed by atoms with E-state index in [1.807, 2.05) is 13.8 Å². The van der Waals surface area contributed by atoms with Crippen LogP contribution in [0.15, 0.2) is 4.52 Å². The average molecular weight is 213 g/mol. The molecule has 0 aliphatic rings. The third kappa shape index (κ3) is 3.60. The summed E-state index contributed by atoms with van der Waals surface area (Å²) >= 11 is 0. The van der Waals surface area contributed by atoms with Crippen molar-refractivity contribution in [1.82, 2.24) is 10.1 Å². The van der Waals surface area contributed by atoms with E-state index in [9.17, 15) is 0 Å². The van der Waals surface area contributed by atoms with Gasteiger partial charge in [0, 0.05) is 6.61 Å². The molecule has 0 spiro atoms. The first-order valence-electron chi connectivity index (χ1n) is 5.31. The Morgan fingerprint density at radius 1 is 1.47 bits per heavy atom. The lowest BCUT2D eigenvalue weighted by molar-refractivity contribution is 0.114. The zero-order chi connectivity index (χ0) is 11.3. The SMILES string of the molecule is CCCOCc1noc(C(N)C(C)C)n1. The molecular weight excluding hydrogens is 194 g/mol. The quantitative estimate of drug-likeness (QED) is 0.727. The van der Waals surface area contributed by atoms with Gasteiger partial charge in [0.1, 0.15) is 6.61 Å². The maximum atomic E-state index is 5.87. The van der Waals surface area contributed by atoms with Crippen molar-refractivity contribution in [2.75, 3.05) is 6.61 Å². The molecule has 86 valence electrons. The summed E-state index contributed by atoms with van der Waals surface area (Å²) < 4.78 is 10.3. The molecule has 0 saturated heterocycles. The Morgan fingerprint density at radius 2 is 2.20 bits per heavy atom. The topological polar surface area (TPSA) is 74.2 Å². The third-order valence-corrected chi connectivity index (χ3v) is 2.07. The Kier molecular flexibility index (Phi) is 4.71. The standard InChI is InChI=1S/C10H19N3O2/c1-4-5-14-6-8-12-10(15-13-8)9(11)7(2)3/h7,9H,4-6,11H2,1-3H3. The molecule has 0 bridgehead atoms. The van der Waals surface area contributed by atoms with Gasteiger partial charge in [0.15, 0.2) is 5.82 Å². The Labute approximate surface area is 90.0 Å². The highest BCUT2D eigenvalue weighted by Crippen LogP contribution is 2.16. The van der Waals surface area contributed by atoms with Crippen molar-refractivity contribution in [2.24, 2.45) is 11.7 Å². The summed E-state index contributed by atoms with van der Waals surface area (Å²) in [5.74, 6) is 1.34. The van der Waals surface area contributed by atoms with Gasteiger partial charge in [-0.3, -0.25) is 0 Å². The molecule has 0 fully saturated rings. The van der Waals surface area contributed by atoms with Crippen molar-refractivity contribution < 1.29 is 9.26 Å². The van der Waals surface area contributed by atoms with E-state index in [0.717, 1.165) is 6.42 Å². The number of nitrogens with zero attached hydrogens (tertiary/aromatic N) is 2. The summed E-state index contributed by atoms with van der Waals surface area (Å²) in [4.78, 5) is 4.18. The van der Waals surface area contributed by atoms with Crippen LogP contribution in [0.1, 0.15) is 44.9 Å². The molecule has 0 amide bonds. The molecule has 1 unspecified atom stereocenters. The van der Waals surface area contributed by atoms with Crippen LogP contribution in [0.3, 0.4) is 0 Å². The van der Waals surface area contributed by atoms with E-state index in [1.54, 1.807) is 0 Å². The first kappa shape index (κ1) is 12.1. The number of rotatable bonds is 6. The van der Waals surface area contributed by atoms with Crippen LogP contribution in [-0.4, -0.2) is 16.7 Å². The minimum Gasteiger partial charge on any atom is -0.373 e. The second-order valence-electron chi connectivity index (χ2n) is 3.87. The van der Waals surface area contributed by atoms with Gasteiger partial charge in [-0.1, -0.05) is 25.9 Å². The van der Waals surface area contributed by atoms with Crippen LogP contribution in [0.4, 0.5) is 0 Å². The second-order valence-corrected chi connectivity index (χ2v) is 3.87. The number of hydrogen-bond acceptors (Lipinski definition) is 5. The Hall–Kier alpha value is -0.940. The predicted octanol–water partition coefficient (Wildman–Crippen LogP) is 1.65. The Bertz CT molecular complexity index is 286. The van der Waals surface area contributed by atoms with E-state index in [2.05, 4.69) is 17.1 Å². The normalized spacial score (nSPS) is 13.4. The number of ether oxygens (including phenoxy) is 1. The summed E-state index contributed by atoms with van der Waals surface area (Å²) in [6.45, 7) is 7.18.